The van der Waals surface area contributed by atoms with E-state index < -0.39 is 5.97 Å². The SMILES string of the molecule is COC(=O)c1ccc2c(c1)c(CCc1ccc(Cl)cc1)c(C#Cc1nc3ccccc3[nH]1)n2CCC#N. The van der Waals surface area contributed by atoms with Crippen molar-refractivity contribution in [1.29, 1.82) is 5.26 Å². The van der Waals surface area contributed by atoms with E-state index in [1.165, 1.54) is 7.11 Å². The highest BCUT2D eigenvalue weighted by Crippen LogP contribution is 2.29. The fraction of sp³-hybridized carbons (Fsp3) is 0.167. The molecule has 7 heteroatoms. The lowest BCUT2D eigenvalue weighted by molar-refractivity contribution is 0.0601. The number of hydrogen-bond donors (Lipinski definition) is 1. The van der Waals surface area contributed by atoms with E-state index in [-0.39, 0.29) is 0 Å². The number of fused-ring (bicyclic) bond motifs is 2. The van der Waals surface area contributed by atoms with E-state index in [9.17, 15) is 10.1 Å². The van der Waals surface area contributed by atoms with Crippen LogP contribution in [0.5, 0.6) is 0 Å². The zero-order valence-corrected chi connectivity index (χ0v) is 21.0. The van der Waals surface area contributed by atoms with Crippen LogP contribution in [0.1, 0.15) is 39.4 Å². The first-order valence-electron chi connectivity index (χ1n) is 11.9. The van der Waals surface area contributed by atoms with Crippen LogP contribution < -0.4 is 0 Å². The van der Waals surface area contributed by atoms with Gasteiger partial charge in [0.15, 0.2) is 5.82 Å². The maximum absolute atomic E-state index is 12.3. The summed E-state index contributed by atoms with van der Waals surface area (Å²) in [5.74, 6) is 6.70. The number of methoxy groups -OCH3 is 1. The van der Waals surface area contributed by atoms with Gasteiger partial charge in [-0.1, -0.05) is 35.9 Å². The molecule has 0 aliphatic rings. The molecule has 5 aromatic rings. The molecular weight excluding hydrogens is 484 g/mol. The summed E-state index contributed by atoms with van der Waals surface area (Å²) in [6, 6.07) is 23.3. The molecule has 37 heavy (non-hydrogen) atoms. The van der Waals surface area contributed by atoms with Gasteiger partial charge >= 0.3 is 5.97 Å². The zero-order valence-electron chi connectivity index (χ0n) is 20.2. The molecule has 0 aliphatic heterocycles. The second-order valence-corrected chi connectivity index (χ2v) is 9.03. The fourth-order valence-corrected chi connectivity index (χ4v) is 4.64. The molecule has 0 radical (unpaired) electrons. The lowest BCUT2D eigenvalue weighted by Gasteiger charge is -2.06. The van der Waals surface area contributed by atoms with Gasteiger partial charge in [-0.05, 0) is 78.3 Å². The number of hydrogen-bond acceptors (Lipinski definition) is 4. The number of aryl methyl sites for hydroxylation is 3. The molecule has 0 fully saturated rings. The molecule has 5 rings (SSSR count). The van der Waals surface area contributed by atoms with E-state index in [0.717, 1.165) is 45.2 Å². The average molecular weight is 507 g/mol. The van der Waals surface area contributed by atoms with Gasteiger partial charge in [0, 0.05) is 22.5 Å². The Morgan fingerprint density at radius 1 is 1.08 bits per heavy atom. The van der Waals surface area contributed by atoms with Crippen molar-refractivity contribution in [3.8, 4) is 17.9 Å². The number of aromatic nitrogens is 3. The van der Waals surface area contributed by atoms with Crippen LogP contribution in [0.3, 0.4) is 0 Å². The number of halogens is 1. The fourth-order valence-electron chi connectivity index (χ4n) is 4.51. The lowest BCUT2D eigenvalue weighted by Crippen LogP contribution is -2.03. The number of para-hydroxylation sites is 2. The first-order chi connectivity index (χ1) is 18.1. The molecule has 0 spiro atoms. The number of imidazole rings is 1. The van der Waals surface area contributed by atoms with E-state index >= 15 is 0 Å². The number of carbonyl (C=O) groups is 1. The number of nitrogens with zero attached hydrogens (tertiary/aromatic N) is 3. The summed E-state index contributed by atoms with van der Waals surface area (Å²) in [4.78, 5) is 20.2. The lowest BCUT2D eigenvalue weighted by atomic mass is 10.0. The highest BCUT2D eigenvalue weighted by Gasteiger charge is 2.18. The van der Waals surface area contributed by atoms with Gasteiger partial charge in [0.25, 0.3) is 0 Å². The van der Waals surface area contributed by atoms with Gasteiger partial charge in [-0.3, -0.25) is 0 Å². The molecule has 0 atom stereocenters. The molecule has 0 saturated heterocycles. The Kier molecular flexibility index (Phi) is 6.94. The molecule has 1 N–H and O–H groups in total. The Bertz CT molecular complexity index is 1680. The Labute approximate surface area is 219 Å². The number of carbonyl (C=O) groups excluding carboxylic acids is 1. The molecule has 0 bridgehead atoms. The maximum atomic E-state index is 12.3. The molecular formula is C30H23ClN4O2. The van der Waals surface area contributed by atoms with Crippen molar-refractivity contribution in [2.45, 2.75) is 25.8 Å². The number of benzene rings is 3. The third kappa shape index (κ3) is 5.07. The molecule has 0 amide bonds. The molecule has 6 nitrogen and oxygen atoms in total. The van der Waals surface area contributed by atoms with Crippen LogP contribution in [0.25, 0.3) is 21.9 Å². The summed E-state index contributed by atoms with van der Waals surface area (Å²) in [5.41, 5.74) is 6.12. The Balaban J connectivity index is 1.65. The predicted molar refractivity (Wildman–Crippen MR) is 144 cm³/mol. The van der Waals surface area contributed by atoms with Crippen LogP contribution in [0.2, 0.25) is 5.02 Å². The van der Waals surface area contributed by atoms with Gasteiger partial charge in [0.05, 0.1) is 41.9 Å². The molecule has 0 unspecified atom stereocenters. The third-order valence-electron chi connectivity index (χ3n) is 6.30. The number of rotatable bonds is 6. The molecule has 2 aromatic heterocycles. The minimum Gasteiger partial charge on any atom is -0.465 e. The highest BCUT2D eigenvalue weighted by molar-refractivity contribution is 6.30. The van der Waals surface area contributed by atoms with Gasteiger partial charge < -0.3 is 14.3 Å². The summed E-state index contributed by atoms with van der Waals surface area (Å²) in [7, 11) is 1.37. The highest BCUT2D eigenvalue weighted by atomic mass is 35.5. The van der Waals surface area contributed by atoms with Crippen LogP contribution in [-0.4, -0.2) is 27.6 Å². The summed E-state index contributed by atoms with van der Waals surface area (Å²) >= 11 is 6.07. The van der Waals surface area contributed by atoms with Crippen LogP contribution in [0.15, 0.2) is 66.7 Å². The maximum Gasteiger partial charge on any atom is 0.337 e. The van der Waals surface area contributed by atoms with Crippen molar-refractivity contribution < 1.29 is 9.53 Å². The Hall–Kier alpha value is -4.52. The largest absolute Gasteiger partial charge is 0.465 e. The van der Waals surface area contributed by atoms with Crippen LogP contribution >= 0.6 is 11.6 Å². The van der Waals surface area contributed by atoms with E-state index in [4.69, 9.17) is 16.3 Å². The number of nitriles is 1. The Morgan fingerprint density at radius 2 is 1.89 bits per heavy atom. The van der Waals surface area contributed by atoms with Gasteiger partial charge in [0.1, 0.15) is 0 Å². The minimum atomic E-state index is -0.398. The van der Waals surface area contributed by atoms with Crippen LogP contribution in [0.4, 0.5) is 0 Å². The van der Waals surface area contributed by atoms with E-state index in [2.05, 4.69) is 32.4 Å². The standard InChI is InChI=1S/C30H23ClN4O2/c1-37-30(36)21-10-14-28-24(19-21)23(13-9-20-7-11-22(31)12-8-20)27(35(28)18-4-17-32)15-16-29-33-25-5-2-3-6-26(25)34-29/h2-3,5-8,10-12,14,19H,4,9,13,18H2,1H3,(H,33,34). The van der Waals surface area contributed by atoms with Crippen molar-refractivity contribution in [3.63, 3.8) is 0 Å². The third-order valence-corrected chi connectivity index (χ3v) is 6.55. The number of nitrogens with one attached hydrogen (secondary N) is 1. The summed E-state index contributed by atoms with van der Waals surface area (Å²) in [6.07, 6.45) is 1.78. The number of H-pyrrole nitrogens is 1. The van der Waals surface area contributed by atoms with Crippen molar-refractivity contribution in [2.24, 2.45) is 0 Å². The number of ether oxygens (including phenoxy) is 1. The molecule has 182 valence electrons. The van der Waals surface area contributed by atoms with E-state index in [1.54, 1.807) is 6.07 Å². The van der Waals surface area contributed by atoms with Crippen molar-refractivity contribution in [2.75, 3.05) is 7.11 Å². The summed E-state index contributed by atoms with van der Waals surface area (Å²) < 4.78 is 7.02. The number of esters is 1. The predicted octanol–water partition coefficient (Wildman–Crippen LogP) is 6.06. The topological polar surface area (TPSA) is 83.7 Å². The van der Waals surface area contributed by atoms with Crippen molar-refractivity contribution >= 4 is 39.5 Å². The van der Waals surface area contributed by atoms with Gasteiger partial charge in [-0.15, -0.1) is 0 Å². The minimum absolute atomic E-state index is 0.332. The smallest absolute Gasteiger partial charge is 0.337 e. The Morgan fingerprint density at radius 3 is 2.65 bits per heavy atom. The summed E-state index contributed by atoms with van der Waals surface area (Å²) in [5, 5.41) is 10.9. The zero-order chi connectivity index (χ0) is 25.8. The molecule has 0 saturated carbocycles. The number of aromatic amines is 1. The molecule has 3 aromatic carbocycles. The van der Waals surface area contributed by atoms with Crippen molar-refractivity contribution in [3.05, 3.63) is 100.0 Å². The monoisotopic (exact) mass is 506 g/mol. The first-order valence-corrected chi connectivity index (χ1v) is 12.3. The second kappa shape index (κ2) is 10.6. The van der Waals surface area contributed by atoms with E-state index in [1.807, 2.05) is 60.7 Å². The van der Waals surface area contributed by atoms with Crippen LogP contribution in [-0.2, 0) is 24.1 Å². The van der Waals surface area contributed by atoms with Crippen LogP contribution in [0, 0.1) is 23.2 Å². The first kappa shape index (κ1) is 24.2. The van der Waals surface area contributed by atoms with Gasteiger partial charge in [-0.2, -0.15) is 5.26 Å². The molecule has 0 aliphatic carbocycles. The molecule has 2 heterocycles. The average Bonchev–Trinajstić information content (AvgIpc) is 3.47. The summed E-state index contributed by atoms with van der Waals surface area (Å²) in [6.45, 7) is 0.482. The quantitative estimate of drug-likeness (QED) is 0.224. The van der Waals surface area contributed by atoms with E-state index in [0.29, 0.717) is 35.8 Å². The second-order valence-electron chi connectivity index (χ2n) is 8.59. The van der Waals surface area contributed by atoms with Crippen molar-refractivity contribution in [1.82, 2.24) is 14.5 Å². The van der Waals surface area contributed by atoms with Gasteiger partial charge in [-0.25, -0.2) is 9.78 Å². The normalized spacial score (nSPS) is 10.7. The van der Waals surface area contributed by atoms with Gasteiger partial charge in [0.2, 0.25) is 0 Å².